The molecule has 0 spiro atoms. The summed E-state index contributed by atoms with van der Waals surface area (Å²) < 4.78 is 28.2. The third-order valence-electron chi connectivity index (χ3n) is 2.53. The van der Waals surface area contributed by atoms with E-state index in [0.717, 1.165) is 0 Å². The predicted molar refractivity (Wildman–Crippen MR) is 77.5 cm³/mol. The standard InChI is InChI=1S/C11H13N5O2S2/c12-11(19)9-2-1-3-10(8-9)20(17,18)14-5-7-16-6-4-13-15-16/h1-4,6,8,14H,5,7H2,(H2,12,19). The molecule has 7 nitrogen and oxygen atoms in total. The van der Waals surface area contributed by atoms with Crippen LogP contribution in [0, 0.1) is 0 Å². The molecule has 0 amide bonds. The van der Waals surface area contributed by atoms with E-state index >= 15 is 0 Å². The van der Waals surface area contributed by atoms with E-state index in [9.17, 15) is 8.42 Å². The average molecular weight is 311 g/mol. The van der Waals surface area contributed by atoms with E-state index in [-0.39, 0.29) is 16.4 Å². The van der Waals surface area contributed by atoms with Crippen LogP contribution >= 0.6 is 12.2 Å². The van der Waals surface area contributed by atoms with E-state index in [1.165, 1.54) is 23.0 Å². The molecule has 0 radical (unpaired) electrons. The summed E-state index contributed by atoms with van der Waals surface area (Å²) in [6.45, 7) is 0.608. The molecule has 0 aliphatic carbocycles. The lowest BCUT2D eigenvalue weighted by Gasteiger charge is -2.08. The summed E-state index contributed by atoms with van der Waals surface area (Å²) in [6.07, 6.45) is 3.18. The van der Waals surface area contributed by atoms with Gasteiger partial charge in [0.25, 0.3) is 0 Å². The summed E-state index contributed by atoms with van der Waals surface area (Å²) in [5, 5.41) is 7.38. The van der Waals surface area contributed by atoms with Gasteiger partial charge >= 0.3 is 0 Å². The molecule has 0 fully saturated rings. The zero-order chi connectivity index (χ0) is 14.6. The molecular formula is C11H13N5O2S2. The van der Waals surface area contributed by atoms with Crippen LogP contribution in [-0.2, 0) is 16.6 Å². The van der Waals surface area contributed by atoms with Gasteiger partial charge in [-0.2, -0.15) is 0 Å². The van der Waals surface area contributed by atoms with Crippen molar-refractivity contribution < 1.29 is 8.42 Å². The van der Waals surface area contributed by atoms with E-state index in [1.54, 1.807) is 18.3 Å². The maximum Gasteiger partial charge on any atom is 0.240 e. The van der Waals surface area contributed by atoms with E-state index in [1.807, 2.05) is 0 Å². The molecule has 3 N–H and O–H groups in total. The average Bonchev–Trinajstić information content (AvgIpc) is 2.92. The number of hydrogen-bond acceptors (Lipinski definition) is 5. The van der Waals surface area contributed by atoms with Crippen molar-refractivity contribution in [3.05, 3.63) is 42.2 Å². The molecule has 1 heterocycles. The van der Waals surface area contributed by atoms with Crippen LogP contribution in [0.2, 0.25) is 0 Å². The second-order valence-electron chi connectivity index (χ2n) is 3.96. The van der Waals surface area contributed by atoms with Crippen molar-refractivity contribution in [2.45, 2.75) is 11.4 Å². The molecule has 0 saturated carbocycles. The minimum Gasteiger partial charge on any atom is -0.389 e. The summed E-state index contributed by atoms with van der Waals surface area (Å²) in [5.74, 6) is 0. The van der Waals surface area contributed by atoms with Crippen LogP contribution in [0.3, 0.4) is 0 Å². The van der Waals surface area contributed by atoms with E-state index in [0.29, 0.717) is 12.1 Å². The lowest BCUT2D eigenvalue weighted by atomic mass is 10.2. The van der Waals surface area contributed by atoms with Gasteiger partial charge in [0.1, 0.15) is 4.99 Å². The Hall–Kier alpha value is -1.84. The molecule has 0 aliphatic rings. The van der Waals surface area contributed by atoms with Gasteiger partial charge in [0, 0.05) is 18.3 Å². The Kier molecular flexibility index (Phi) is 4.42. The number of thiocarbonyl (C=S) groups is 1. The van der Waals surface area contributed by atoms with Gasteiger partial charge in [0.15, 0.2) is 0 Å². The number of benzene rings is 1. The topological polar surface area (TPSA) is 103 Å². The Morgan fingerprint density at radius 1 is 1.45 bits per heavy atom. The van der Waals surface area contributed by atoms with Gasteiger partial charge in [-0.15, -0.1) is 5.10 Å². The molecular weight excluding hydrogens is 298 g/mol. The molecule has 0 aliphatic heterocycles. The number of rotatable bonds is 6. The highest BCUT2D eigenvalue weighted by atomic mass is 32.2. The largest absolute Gasteiger partial charge is 0.389 e. The van der Waals surface area contributed by atoms with Crippen molar-refractivity contribution in [3.8, 4) is 0 Å². The molecule has 2 rings (SSSR count). The van der Waals surface area contributed by atoms with Crippen molar-refractivity contribution in [2.24, 2.45) is 5.73 Å². The Bertz CT molecular complexity index is 697. The van der Waals surface area contributed by atoms with Crippen LogP contribution in [0.15, 0.2) is 41.6 Å². The number of nitrogens with zero attached hydrogens (tertiary/aromatic N) is 3. The maximum atomic E-state index is 12.1. The van der Waals surface area contributed by atoms with Crippen LogP contribution in [-0.4, -0.2) is 34.9 Å². The third kappa shape index (κ3) is 3.59. The van der Waals surface area contributed by atoms with E-state index < -0.39 is 10.0 Å². The Morgan fingerprint density at radius 2 is 2.25 bits per heavy atom. The first-order chi connectivity index (χ1) is 9.49. The highest BCUT2D eigenvalue weighted by molar-refractivity contribution is 7.89. The fraction of sp³-hybridized carbons (Fsp3) is 0.182. The van der Waals surface area contributed by atoms with E-state index in [4.69, 9.17) is 18.0 Å². The van der Waals surface area contributed by atoms with Crippen LogP contribution in [0.4, 0.5) is 0 Å². The minimum absolute atomic E-state index is 0.126. The molecule has 9 heteroatoms. The Balaban J connectivity index is 2.06. The molecule has 0 atom stereocenters. The molecule has 2 aromatic rings. The molecule has 0 unspecified atom stereocenters. The predicted octanol–water partition coefficient (Wildman–Crippen LogP) is -0.109. The van der Waals surface area contributed by atoms with Crippen molar-refractivity contribution in [2.75, 3.05) is 6.54 Å². The monoisotopic (exact) mass is 311 g/mol. The summed E-state index contributed by atoms with van der Waals surface area (Å²) in [6, 6.07) is 6.19. The van der Waals surface area contributed by atoms with Gasteiger partial charge in [-0.05, 0) is 12.1 Å². The van der Waals surface area contributed by atoms with Gasteiger partial charge in [-0.25, -0.2) is 13.1 Å². The van der Waals surface area contributed by atoms with Gasteiger partial charge < -0.3 is 5.73 Å². The van der Waals surface area contributed by atoms with Crippen molar-refractivity contribution in [1.29, 1.82) is 0 Å². The molecule has 0 saturated heterocycles. The van der Waals surface area contributed by atoms with Gasteiger partial charge in [-0.3, -0.25) is 4.68 Å². The summed E-state index contributed by atoms with van der Waals surface area (Å²) >= 11 is 4.83. The highest BCUT2D eigenvalue weighted by Gasteiger charge is 2.14. The lowest BCUT2D eigenvalue weighted by Crippen LogP contribution is -2.28. The van der Waals surface area contributed by atoms with Crippen molar-refractivity contribution >= 4 is 27.2 Å². The number of nitrogens with two attached hydrogens (primary N) is 1. The SMILES string of the molecule is NC(=S)c1cccc(S(=O)(=O)NCCn2ccnn2)c1. The molecule has 0 bridgehead atoms. The first kappa shape index (κ1) is 14.6. The lowest BCUT2D eigenvalue weighted by molar-refractivity contribution is 0.553. The van der Waals surface area contributed by atoms with Crippen LogP contribution in [0.25, 0.3) is 0 Å². The van der Waals surface area contributed by atoms with E-state index in [2.05, 4.69) is 15.0 Å². The summed E-state index contributed by atoms with van der Waals surface area (Å²) in [4.78, 5) is 0.283. The summed E-state index contributed by atoms with van der Waals surface area (Å²) in [7, 11) is -3.60. The second kappa shape index (κ2) is 6.07. The number of aromatic nitrogens is 3. The normalized spacial score (nSPS) is 11.4. The third-order valence-corrected chi connectivity index (χ3v) is 4.23. The number of sulfonamides is 1. The van der Waals surface area contributed by atoms with Crippen molar-refractivity contribution in [3.63, 3.8) is 0 Å². The number of hydrogen-bond donors (Lipinski definition) is 2. The summed E-state index contributed by atoms with van der Waals surface area (Å²) in [5.41, 5.74) is 6.00. The van der Waals surface area contributed by atoms with Crippen LogP contribution in [0.5, 0.6) is 0 Å². The molecule has 1 aromatic heterocycles. The quantitative estimate of drug-likeness (QED) is 0.722. The van der Waals surface area contributed by atoms with Crippen molar-refractivity contribution in [1.82, 2.24) is 19.7 Å². The highest BCUT2D eigenvalue weighted by Crippen LogP contribution is 2.11. The van der Waals surface area contributed by atoms with Crippen LogP contribution < -0.4 is 10.5 Å². The van der Waals surface area contributed by atoms with Crippen LogP contribution in [0.1, 0.15) is 5.56 Å². The minimum atomic E-state index is -3.60. The second-order valence-corrected chi connectivity index (χ2v) is 6.16. The molecule has 20 heavy (non-hydrogen) atoms. The molecule has 1 aromatic carbocycles. The van der Waals surface area contributed by atoms with Gasteiger partial charge in [0.05, 0.1) is 17.6 Å². The number of nitrogens with one attached hydrogen (secondary N) is 1. The fourth-order valence-electron chi connectivity index (χ4n) is 1.55. The van der Waals surface area contributed by atoms with Gasteiger partial charge in [0.2, 0.25) is 10.0 Å². The molecule has 106 valence electrons. The van der Waals surface area contributed by atoms with Gasteiger partial charge in [-0.1, -0.05) is 29.6 Å². The first-order valence-corrected chi connectivity index (χ1v) is 7.62. The first-order valence-electron chi connectivity index (χ1n) is 5.73. The Labute approximate surface area is 121 Å². The Morgan fingerprint density at radius 3 is 2.90 bits per heavy atom. The smallest absolute Gasteiger partial charge is 0.240 e. The zero-order valence-corrected chi connectivity index (χ0v) is 12.1. The zero-order valence-electron chi connectivity index (χ0n) is 10.4. The maximum absolute atomic E-state index is 12.1. The fourth-order valence-corrected chi connectivity index (χ4v) is 2.74.